The lowest BCUT2D eigenvalue weighted by Gasteiger charge is -2.26. The first kappa shape index (κ1) is 17.3. The van der Waals surface area contributed by atoms with Crippen molar-refractivity contribution in [3.05, 3.63) is 23.8 Å². The van der Waals surface area contributed by atoms with Gasteiger partial charge in [-0.1, -0.05) is 19.9 Å². The normalized spacial score (nSPS) is 13.7. The predicted molar refractivity (Wildman–Crippen MR) is 87.6 cm³/mol. The first-order valence-corrected chi connectivity index (χ1v) is 9.57. The van der Waals surface area contributed by atoms with Gasteiger partial charge >= 0.3 is 0 Å². The molecule has 0 aliphatic heterocycles. The third kappa shape index (κ3) is 3.68. The maximum absolute atomic E-state index is 12.6. The minimum Gasteiger partial charge on any atom is -0.398 e. The standard InChI is InChI=1S/C14H24N2O2S2/c1-5-11-7-8-13(9-14(11)15)20(17,18)16(3)12(6-2)10-19-4/h7-9,12H,5-6,10,15H2,1-4H3. The SMILES string of the molecule is CCc1ccc(S(=O)(=O)N(C)C(CC)CSC)cc1N. The van der Waals surface area contributed by atoms with Crippen molar-refractivity contribution in [3.63, 3.8) is 0 Å². The molecule has 0 saturated carbocycles. The van der Waals surface area contributed by atoms with Crippen LogP contribution in [0.4, 0.5) is 5.69 Å². The van der Waals surface area contributed by atoms with Crippen molar-refractivity contribution in [1.29, 1.82) is 0 Å². The Hall–Kier alpha value is -0.720. The highest BCUT2D eigenvalue weighted by molar-refractivity contribution is 7.98. The van der Waals surface area contributed by atoms with Gasteiger partial charge in [0.25, 0.3) is 0 Å². The number of aryl methyl sites for hydroxylation is 1. The summed E-state index contributed by atoms with van der Waals surface area (Å²) < 4.78 is 26.7. The molecule has 1 unspecified atom stereocenters. The van der Waals surface area contributed by atoms with E-state index in [9.17, 15) is 8.42 Å². The number of nitrogens with two attached hydrogens (primary N) is 1. The lowest BCUT2D eigenvalue weighted by molar-refractivity contribution is 0.385. The van der Waals surface area contributed by atoms with Crippen molar-refractivity contribution >= 4 is 27.5 Å². The number of thioether (sulfide) groups is 1. The number of sulfonamides is 1. The van der Waals surface area contributed by atoms with Crippen molar-refractivity contribution < 1.29 is 8.42 Å². The van der Waals surface area contributed by atoms with E-state index in [0.29, 0.717) is 5.69 Å². The maximum Gasteiger partial charge on any atom is 0.243 e. The third-order valence-electron chi connectivity index (χ3n) is 3.52. The molecule has 1 aromatic rings. The van der Waals surface area contributed by atoms with Crippen molar-refractivity contribution in [2.75, 3.05) is 24.8 Å². The van der Waals surface area contributed by atoms with Crippen LogP contribution in [0.1, 0.15) is 25.8 Å². The van der Waals surface area contributed by atoms with Crippen molar-refractivity contribution in [3.8, 4) is 0 Å². The number of hydrogen-bond donors (Lipinski definition) is 1. The number of benzene rings is 1. The van der Waals surface area contributed by atoms with Gasteiger partial charge in [0.1, 0.15) is 0 Å². The van der Waals surface area contributed by atoms with Gasteiger partial charge in [0.05, 0.1) is 4.90 Å². The van der Waals surface area contributed by atoms with E-state index in [1.807, 2.05) is 20.1 Å². The van der Waals surface area contributed by atoms with E-state index in [1.54, 1.807) is 37.0 Å². The van der Waals surface area contributed by atoms with Crippen LogP contribution in [0.15, 0.2) is 23.1 Å². The van der Waals surface area contributed by atoms with Gasteiger partial charge in [-0.15, -0.1) is 0 Å². The smallest absolute Gasteiger partial charge is 0.243 e. The molecule has 1 rings (SSSR count). The van der Waals surface area contributed by atoms with E-state index < -0.39 is 10.0 Å². The number of hydrogen-bond acceptors (Lipinski definition) is 4. The third-order valence-corrected chi connectivity index (χ3v) is 6.14. The summed E-state index contributed by atoms with van der Waals surface area (Å²) >= 11 is 1.65. The van der Waals surface area contributed by atoms with E-state index in [0.717, 1.165) is 24.2 Å². The fourth-order valence-electron chi connectivity index (χ4n) is 2.09. The molecule has 0 aromatic heterocycles. The van der Waals surface area contributed by atoms with Gasteiger partial charge in [-0.3, -0.25) is 0 Å². The summed E-state index contributed by atoms with van der Waals surface area (Å²) in [5, 5.41) is 0. The number of nitrogen functional groups attached to an aromatic ring is 1. The largest absolute Gasteiger partial charge is 0.398 e. The van der Waals surface area contributed by atoms with Crippen LogP contribution in [0.25, 0.3) is 0 Å². The fraction of sp³-hybridized carbons (Fsp3) is 0.571. The van der Waals surface area contributed by atoms with Gasteiger partial charge in [-0.25, -0.2) is 8.42 Å². The second-order valence-corrected chi connectivity index (χ2v) is 7.66. The van der Waals surface area contributed by atoms with Crippen LogP contribution in [0.5, 0.6) is 0 Å². The number of rotatable bonds is 7. The topological polar surface area (TPSA) is 63.4 Å². The van der Waals surface area contributed by atoms with Crippen LogP contribution in [0, 0.1) is 0 Å². The van der Waals surface area contributed by atoms with Gasteiger partial charge < -0.3 is 5.73 Å². The maximum atomic E-state index is 12.6. The molecule has 114 valence electrons. The minimum atomic E-state index is -3.48. The Morgan fingerprint density at radius 2 is 2.00 bits per heavy atom. The highest BCUT2D eigenvalue weighted by Crippen LogP contribution is 2.23. The monoisotopic (exact) mass is 316 g/mol. The molecule has 1 aromatic carbocycles. The van der Waals surface area contributed by atoms with Gasteiger partial charge in [-0.05, 0) is 36.8 Å². The average molecular weight is 316 g/mol. The molecule has 4 nitrogen and oxygen atoms in total. The summed E-state index contributed by atoms with van der Waals surface area (Å²) in [6.07, 6.45) is 3.57. The molecule has 0 radical (unpaired) electrons. The molecular weight excluding hydrogens is 292 g/mol. The Morgan fingerprint density at radius 1 is 1.35 bits per heavy atom. The lowest BCUT2D eigenvalue weighted by Crippen LogP contribution is -2.38. The minimum absolute atomic E-state index is 0.00192. The summed E-state index contributed by atoms with van der Waals surface area (Å²) in [4.78, 5) is 0.272. The molecule has 0 fully saturated rings. The first-order chi connectivity index (χ1) is 9.38. The zero-order chi connectivity index (χ0) is 15.3. The Balaban J connectivity index is 3.12. The van der Waals surface area contributed by atoms with Crippen LogP contribution in [0.3, 0.4) is 0 Å². The molecular formula is C14H24N2O2S2. The lowest BCUT2D eigenvalue weighted by atomic mass is 10.1. The summed E-state index contributed by atoms with van der Waals surface area (Å²) in [6, 6.07) is 5.01. The fourth-order valence-corrected chi connectivity index (χ4v) is 4.49. The van der Waals surface area contributed by atoms with E-state index in [-0.39, 0.29) is 10.9 Å². The molecule has 0 spiro atoms. The van der Waals surface area contributed by atoms with E-state index in [4.69, 9.17) is 5.73 Å². The van der Waals surface area contributed by atoms with E-state index in [1.165, 1.54) is 4.31 Å². The molecule has 0 aliphatic rings. The van der Waals surface area contributed by atoms with Crippen molar-refractivity contribution in [2.24, 2.45) is 0 Å². The Morgan fingerprint density at radius 3 is 2.45 bits per heavy atom. The second-order valence-electron chi connectivity index (χ2n) is 4.75. The molecule has 0 bridgehead atoms. The Kier molecular flexibility index (Phi) is 6.36. The average Bonchev–Trinajstić information content (AvgIpc) is 2.43. The molecule has 0 heterocycles. The highest BCUT2D eigenvalue weighted by atomic mass is 32.2. The summed E-state index contributed by atoms with van der Waals surface area (Å²) in [5.74, 6) is 0.786. The van der Waals surface area contributed by atoms with Crippen LogP contribution < -0.4 is 5.73 Å². The molecule has 6 heteroatoms. The van der Waals surface area contributed by atoms with E-state index in [2.05, 4.69) is 0 Å². The second kappa shape index (κ2) is 7.33. The zero-order valence-corrected chi connectivity index (χ0v) is 14.2. The van der Waals surface area contributed by atoms with Gasteiger partial charge in [0, 0.05) is 24.5 Å². The molecule has 0 aliphatic carbocycles. The quantitative estimate of drug-likeness (QED) is 0.785. The molecule has 20 heavy (non-hydrogen) atoms. The van der Waals surface area contributed by atoms with Crippen molar-refractivity contribution in [2.45, 2.75) is 37.6 Å². The van der Waals surface area contributed by atoms with Crippen molar-refractivity contribution in [1.82, 2.24) is 4.31 Å². The van der Waals surface area contributed by atoms with Crippen LogP contribution in [-0.4, -0.2) is 37.8 Å². The van der Waals surface area contributed by atoms with Gasteiger partial charge in [0.2, 0.25) is 10.0 Å². The summed E-state index contributed by atoms with van der Waals surface area (Å²) in [6.45, 7) is 4.00. The van der Waals surface area contributed by atoms with E-state index >= 15 is 0 Å². The Labute approximate surface area is 126 Å². The van der Waals surface area contributed by atoms with Crippen LogP contribution >= 0.6 is 11.8 Å². The Bertz CT molecular complexity index is 544. The van der Waals surface area contributed by atoms with Crippen LogP contribution in [0.2, 0.25) is 0 Å². The number of anilines is 1. The molecule has 2 N–H and O–H groups in total. The zero-order valence-electron chi connectivity index (χ0n) is 12.6. The highest BCUT2D eigenvalue weighted by Gasteiger charge is 2.27. The predicted octanol–water partition coefficient (Wildman–Crippen LogP) is 2.59. The molecule has 1 atom stereocenters. The van der Waals surface area contributed by atoms with Gasteiger partial charge in [0.15, 0.2) is 0 Å². The van der Waals surface area contributed by atoms with Gasteiger partial charge in [-0.2, -0.15) is 16.1 Å². The summed E-state index contributed by atoms with van der Waals surface area (Å²) in [5.41, 5.74) is 7.43. The molecule has 0 amide bonds. The number of nitrogens with zero attached hydrogens (tertiary/aromatic N) is 1. The molecule has 0 saturated heterocycles. The summed E-state index contributed by atoms with van der Waals surface area (Å²) in [7, 11) is -1.84. The first-order valence-electron chi connectivity index (χ1n) is 6.73. The van der Waals surface area contributed by atoms with Crippen LogP contribution in [-0.2, 0) is 16.4 Å².